The maximum Gasteiger partial charge on any atom is 0.246 e. The van der Waals surface area contributed by atoms with E-state index < -0.39 is 0 Å². The van der Waals surface area contributed by atoms with Gasteiger partial charge in [-0.1, -0.05) is 29.8 Å². The zero-order valence-electron chi connectivity index (χ0n) is 14.1. The normalized spacial score (nSPS) is 15.1. The largest absolute Gasteiger partial charge is 0.368 e. The average Bonchev–Trinajstić information content (AvgIpc) is 3.09. The zero-order chi connectivity index (χ0) is 17.9. The van der Waals surface area contributed by atoms with Crippen molar-refractivity contribution in [2.75, 3.05) is 31.1 Å². The maximum atomic E-state index is 12.5. The van der Waals surface area contributed by atoms with E-state index in [1.165, 1.54) is 0 Å². The number of benzene rings is 2. The Balaban J connectivity index is 1.37. The molecule has 6 heteroatoms. The van der Waals surface area contributed by atoms with Crippen LogP contribution in [0, 0.1) is 0 Å². The molecule has 0 saturated carbocycles. The number of aromatic nitrogens is 1. The van der Waals surface area contributed by atoms with Crippen LogP contribution in [0.5, 0.6) is 0 Å². The van der Waals surface area contributed by atoms with Crippen molar-refractivity contribution in [3.8, 4) is 0 Å². The second-order valence-corrected chi connectivity index (χ2v) is 7.64. The third-order valence-corrected chi connectivity index (χ3v) is 5.68. The Kier molecular flexibility index (Phi) is 4.91. The fourth-order valence-corrected chi connectivity index (χ4v) is 4.12. The van der Waals surface area contributed by atoms with Gasteiger partial charge < -0.3 is 9.80 Å². The number of fused-ring (bicyclic) bond motifs is 1. The highest BCUT2D eigenvalue weighted by Crippen LogP contribution is 2.23. The lowest BCUT2D eigenvalue weighted by Crippen LogP contribution is -2.48. The molecule has 0 unspecified atom stereocenters. The number of thiazole rings is 1. The molecule has 1 aromatic heterocycles. The number of hydrogen-bond acceptors (Lipinski definition) is 4. The number of amides is 1. The minimum Gasteiger partial charge on any atom is -0.368 e. The molecular weight excluding hydrogens is 366 g/mol. The predicted octanol–water partition coefficient (Wildman–Crippen LogP) is 4.31. The van der Waals surface area contributed by atoms with E-state index in [1.807, 2.05) is 53.4 Å². The van der Waals surface area contributed by atoms with Crippen molar-refractivity contribution in [3.63, 3.8) is 0 Å². The first kappa shape index (κ1) is 17.1. The second-order valence-electron chi connectivity index (χ2n) is 6.15. The van der Waals surface area contributed by atoms with Crippen LogP contribution in [0.25, 0.3) is 16.3 Å². The number of carbonyl (C=O) groups excluding carboxylic acids is 1. The minimum atomic E-state index is 0.0370. The Morgan fingerprint density at radius 1 is 1.08 bits per heavy atom. The number of nitrogens with zero attached hydrogens (tertiary/aromatic N) is 3. The molecule has 2 aromatic carbocycles. The summed E-state index contributed by atoms with van der Waals surface area (Å²) in [4.78, 5) is 21.1. The van der Waals surface area contributed by atoms with E-state index in [0.717, 1.165) is 39.0 Å². The molecule has 1 aliphatic heterocycles. The molecule has 2 heterocycles. The molecular formula is C20H18ClN3OS. The van der Waals surface area contributed by atoms with Crippen molar-refractivity contribution < 1.29 is 4.79 Å². The van der Waals surface area contributed by atoms with Crippen molar-refractivity contribution >= 4 is 50.8 Å². The third kappa shape index (κ3) is 3.74. The van der Waals surface area contributed by atoms with E-state index in [1.54, 1.807) is 17.4 Å². The fourth-order valence-electron chi connectivity index (χ4n) is 3.07. The zero-order valence-corrected chi connectivity index (χ0v) is 15.7. The van der Waals surface area contributed by atoms with Crippen molar-refractivity contribution in [3.05, 3.63) is 64.6 Å². The number of rotatable bonds is 3. The number of piperazine rings is 1. The van der Waals surface area contributed by atoms with Crippen LogP contribution < -0.4 is 4.90 Å². The van der Waals surface area contributed by atoms with Crippen molar-refractivity contribution in [1.29, 1.82) is 0 Å². The maximum absolute atomic E-state index is 12.5. The molecule has 26 heavy (non-hydrogen) atoms. The molecule has 1 saturated heterocycles. The van der Waals surface area contributed by atoms with Gasteiger partial charge in [-0.25, -0.2) is 4.98 Å². The molecule has 0 bridgehead atoms. The van der Waals surface area contributed by atoms with E-state index in [0.29, 0.717) is 13.1 Å². The van der Waals surface area contributed by atoms with E-state index in [4.69, 9.17) is 11.6 Å². The summed E-state index contributed by atoms with van der Waals surface area (Å²) in [6.07, 6.45) is 3.45. The van der Waals surface area contributed by atoms with Gasteiger partial charge in [0.25, 0.3) is 0 Å². The van der Waals surface area contributed by atoms with Crippen LogP contribution in [-0.4, -0.2) is 42.0 Å². The van der Waals surface area contributed by atoms with E-state index >= 15 is 0 Å². The molecule has 1 aliphatic rings. The Morgan fingerprint density at radius 3 is 2.65 bits per heavy atom. The van der Waals surface area contributed by atoms with Crippen LogP contribution in [0.4, 0.5) is 5.69 Å². The number of hydrogen-bond donors (Lipinski definition) is 0. The van der Waals surface area contributed by atoms with Crippen LogP contribution in [0.1, 0.15) is 5.01 Å². The fraction of sp³-hybridized carbons (Fsp3) is 0.200. The molecule has 0 aliphatic carbocycles. The van der Waals surface area contributed by atoms with Gasteiger partial charge in [0.05, 0.1) is 10.2 Å². The van der Waals surface area contributed by atoms with Crippen molar-refractivity contribution in [2.45, 2.75) is 0 Å². The number of anilines is 1. The van der Waals surface area contributed by atoms with Crippen LogP contribution in [-0.2, 0) is 4.79 Å². The first-order chi connectivity index (χ1) is 12.7. The number of carbonyl (C=O) groups is 1. The molecule has 3 aromatic rings. The first-order valence-corrected chi connectivity index (χ1v) is 9.71. The van der Waals surface area contributed by atoms with Gasteiger partial charge in [0.15, 0.2) is 0 Å². The topological polar surface area (TPSA) is 36.4 Å². The summed E-state index contributed by atoms with van der Waals surface area (Å²) in [6, 6.07) is 15.8. The van der Waals surface area contributed by atoms with Gasteiger partial charge in [0.2, 0.25) is 5.91 Å². The van der Waals surface area contributed by atoms with Crippen LogP contribution in [0.3, 0.4) is 0 Å². The van der Waals surface area contributed by atoms with Gasteiger partial charge in [-0.3, -0.25) is 4.79 Å². The SMILES string of the molecule is O=C(/C=C/c1nc2ccccc2s1)N1CCN(c2cccc(Cl)c2)CC1. The van der Waals surface area contributed by atoms with Crippen LogP contribution in [0.2, 0.25) is 5.02 Å². The van der Waals surface area contributed by atoms with Gasteiger partial charge in [-0.15, -0.1) is 11.3 Å². The van der Waals surface area contributed by atoms with Crippen LogP contribution >= 0.6 is 22.9 Å². The Labute approximate surface area is 161 Å². The summed E-state index contributed by atoms with van der Waals surface area (Å²) < 4.78 is 1.13. The van der Waals surface area contributed by atoms with Gasteiger partial charge in [-0.05, 0) is 36.4 Å². The van der Waals surface area contributed by atoms with Gasteiger partial charge in [-0.2, -0.15) is 0 Å². The van der Waals surface area contributed by atoms with Gasteiger partial charge in [0, 0.05) is 43.0 Å². The summed E-state index contributed by atoms with van der Waals surface area (Å²) in [5.41, 5.74) is 2.08. The summed E-state index contributed by atoms with van der Waals surface area (Å²) in [5, 5.41) is 1.59. The van der Waals surface area contributed by atoms with E-state index in [-0.39, 0.29) is 5.91 Å². The highest BCUT2D eigenvalue weighted by atomic mass is 35.5. The Hall–Kier alpha value is -2.37. The van der Waals surface area contributed by atoms with E-state index in [2.05, 4.69) is 16.0 Å². The summed E-state index contributed by atoms with van der Waals surface area (Å²) in [6.45, 7) is 3.02. The highest BCUT2D eigenvalue weighted by molar-refractivity contribution is 7.19. The van der Waals surface area contributed by atoms with E-state index in [9.17, 15) is 4.79 Å². The monoisotopic (exact) mass is 383 g/mol. The molecule has 0 spiro atoms. The highest BCUT2D eigenvalue weighted by Gasteiger charge is 2.20. The summed E-state index contributed by atoms with van der Waals surface area (Å²) in [7, 11) is 0. The standard InChI is InChI=1S/C20H18ClN3OS/c21-15-4-3-5-16(14-15)23-10-12-24(13-11-23)20(25)9-8-19-22-17-6-1-2-7-18(17)26-19/h1-9,14H,10-13H2/b9-8+. The Bertz CT molecular complexity index is 927. The smallest absolute Gasteiger partial charge is 0.246 e. The minimum absolute atomic E-state index is 0.0370. The van der Waals surface area contributed by atoms with Crippen molar-refractivity contribution in [2.24, 2.45) is 0 Å². The number of halogens is 1. The lowest BCUT2D eigenvalue weighted by molar-refractivity contribution is -0.126. The quantitative estimate of drug-likeness (QED) is 0.632. The number of para-hydroxylation sites is 1. The Morgan fingerprint density at radius 2 is 1.88 bits per heavy atom. The van der Waals surface area contributed by atoms with Gasteiger partial charge in [0.1, 0.15) is 5.01 Å². The third-order valence-electron chi connectivity index (χ3n) is 4.44. The molecule has 0 atom stereocenters. The van der Waals surface area contributed by atoms with Gasteiger partial charge >= 0.3 is 0 Å². The second kappa shape index (κ2) is 7.48. The molecule has 4 rings (SSSR count). The predicted molar refractivity (Wildman–Crippen MR) is 109 cm³/mol. The van der Waals surface area contributed by atoms with Crippen LogP contribution in [0.15, 0.2) is 54.6 Å². The molecule has 132 valence electrons. The molecule has 4 nitrogen and oxygen atoms in total. The lowest BCUT2D eigenvalue weighted by Gasteiger charge is -2.35. The molecule has 1 fully saturated rings. The molecule has 0 radical (unpaired) electrons. The summed E-state index contributed by atoms with van der Waals surface area (Å²) >= 11 is 7.66. The average molecular weight is 384 g/mol. The molecule has 0 N–H and O–H groups in total. The lowest BCUT2D eigenvalue weighted by atomic mass is 10.2. The first-order valence-electron chi connectivity index (χ1n) is 8.52. The van der Waals surface area contributed by atoms with Crippen molar-refractivity contribution in [1.82, 2.24) is 9.88 Å². The molecule has 1 amide bonds. The summed E-state index contributed by atoms with van der Waals surface area (Å²) in [5.74, 6) is 0.0370.